The molecule has 4 nitrogen and oxygen atoms in total. The highest BCUT2D eigenvalue weighted by Crippen LogP contribution is 2.24. The first-order valence-corrected chi connectivity index (χ1v) is 7.24. The maximum absolute atomic E-state index is 8.93. The van der Waals surface area contributed by atoms with E-state index in [9.17, 15) is 0 Å². The van der Waals surface area contributed by atoms with Gasteiger partial charge in [0.25, 0.3) is 0 Å². The van der Waals surface area contributed by atoms with Crippen molar-refractivity contribution in [1.82, 2.24) is 0 Å². The fourth-order valence-corrected chi connectivity index (χ4v) is 2.32. The number of benzene rings is 2. The summed E-state index contributed by atoms with van der Waals surface area (Å²) in [6.45, 7) is 1.51. The number of ether oxygens (including phenoxy) is 3. The maximum atomic E-state index is 8.93. The molecule has 2 aromatic rings. The van der Waals surface area contributed by atoms with Crippen LogP contribution in [0.1, 0.15) is 23.0 Å². The van der Waals surface area contributed by atoms with Crippen molar-refractivity contribution >= 4 is 0 Å². The third-order valence-electron chi connectivity index (χ3n) is 3.48. The molecule has 0 spiro atoms. The summed E-state index contributed by atoms with van der Waals surface area (Å²) in [7, 11) is 0. The minimum Gasteiger partial charge on any atom is -0.369 e. The molecule has 1 aliphatic rings. The van der Waals surface area contributed by atoms with Crippen LogP contribution in [0, 0.1) is 11.3 Å². The van der Waals surface area contributed by atoms with Crippen molar-refractivity contribution in [2.45, 2.75) is 19.0 Å². The summed E-state index contributed by atoms with van der Waals surface area (Å²) in [6, 6.07) is 19.4. The zero-order valence-corrected chi connectivity index (χ0v) is 12.1. The molecule has 0 radical (unpaired) electrons. The van der Waals surface area contributed by atoms with Gasteiger partial charge in [-0.3, -0.25) is 0 Å². The van der Waals surface area contributed by atoms with Crippen molar-refractivity contribution in [3.63, 3.8) is 0 Å². The summed E-state index contributed by atoms with van der Waals surface area (Å²) in [6.07, 6.45) is -0.500. The lowest BCUT2D eigenvalue weighted by molar-refractivity contribution is -0.232. The van der Waals surface area contributed by atoms with Gasteiger partial charge in [0.15, 0.2) is 6.29 Å². The van der Waals surface area contributed by atoms with Crippen LogP contribution in [0.2, 0.25) is 0 Å². The van der Waals surface area contributed by atoms with Gasteiger partial charge < -0.3 is 14.2 Å². The SMILES string of the molecule is N#Cc1cccc([C@H]2OC[C@@H](OCc3ccccc3)CO2)c1. The lowest BCUT2D eigenvalue weighted by Gasteiger charge is -2.29. The lowest BCUT2D eigenvalue weighted by atomic mass is 10.1. The number of rotatable bonds is 4. The van der Waals surface area contributed by atoms with Crippen LogP contribution in [0.25, 0.3) is 0 Å². The Bertz CT molecular complexity index is 643. The third kappa shape index (κ3) is 3.71. The van der Waals surface area contributed by atoms with E-state index in [0.717, 1.165) is 11.1 Å². The van der Waals surface area contributed by atoms with Gasteiger partial charge in [-0.15, -0.1) is 0 Å². The van der Waals surface area contributed by atoms with Crippen LogP contribution in [-0.4, -0.2) is 19.3 Å². The number of nitriles is 1. The minimum absolute atomic E-state index is 0.0735. The predicted molar refractivity (Wildman–Crippen MR) is 80.8 cm³/mol. The first-order valence-electron chi connectivity index (χ1n) is 7.24. The van der Waals surface area contributed by atoms with Gasteiger partial charge in [-0.2, -0.15) is 5.26 Å². The van der Waals surface area contributed by atoms with E-state index in [4.69, 9.17) is 19.5 Å². The fraction of sp³-hybridized carbons (Fsp3) is 0.278. The molecule has 0 saturated carbocycles. The highest BCUT2D eigenvalue weighted by molar-refractivity contribution is 5.33. The molecular formula is C18H17NO3. The first kappa shape index (κ1) is 14.7. The molecule has 4 heteroatoms. The van der Waals surface area contributed by atoms with Gasteiger partial charge in [0, 0.05) is 5.56 Å². The van der Waals surface area contributed by atoms with E-state index in [-0.39, 0.29) is 6.10 Å². The van der Waals surface area contributed by atoms with Crippen molar-refractivity contribution in [2.75, 3.05) is 13.2 Å². The van der Waals surface area contributed by atoms with E-state index in [2.05, 4.69) is 6.07 Å². The Morgan fingerprint density at radius 1 is 1.05 bits per heavy atom. The van der Waals surface area contributed by atoms with E-state index < -0.39 is 6.29 Å². The standard InChI is InChI=1S/C18H17NO3/c19-10-15-7-4-8-16(9-15)18-21-12-17(13-22-18)20-11-14-5-2-1-3-6-14/h1-9,17-18H,11-13H2/t17-,18+. The fourth-order valence-electron chi connectivity index (χ4n) is 2.32. The van der Waals surface area contributed by atoms with Gasteiger partial charge >= 0.3 is 0 Å². The van der Waals surface area contributed by atoms with Gasteiger partial charge in [-0.25, -0.2) is 0 Å². The quantitative estimate of drug-likeness (QED) is 0.869. The van der Waals surface area contributed by atoms with Crippen LogP contribution in [-0.2, 0) is 20.8 Å². The Labute approximate surface area is 129 Å². The smallest absolute Gasteiger partial charge is 0.184 e. The van der Waals surface area contributed by atoms with Gasteiger partial charge in [-0.1, -0.05) is 42.5 Å². The van der Waals surface area contributed by atoms with Crippen LogP contribution in [0.15, 0.2) is 54.6 Å². The number of hydrogen-bond donors (Lipinski definition) is 0. The van der Waals surface area contributed by atoms with Crippen molar-refractivity contribution in [1.29, 1.82) is 5.26 Å². The Kier molecular flexibility index (Phi) is 4.81. The molecule has 0 N–H and O–H groups in total. The van der Waals surface area contributed by atoms with E-state index in [1.54, 1.807) is 12.1 Å². The molecule has 0 aliphatic carbocycles. The van der Waals surface area contributed by atoms with Crippen molar-refractivity contribution in [3.05, 3.63) is 71.3 Å². The van der Waals surface area contributed by atoms with Gasteiger partial charge in [0.2, 0.25) is 0 Å². The summed E-state index contributed by atoms with van der Waals surface area (Å²) in [5.41, 5.74) is 2.60. The van der Waals surface area contributed by atoms with Crippen molar-refractivity contribution in [2.24, 2.45) is 0 Å². The molecule has 0 bridgehead atoms. The zero-order valence-electron chi connectivity index (χ0n) is 12.1. The second-order valence-corrected chi connectivity index (χ2v) is 5.15. The molecule has 0 atom stereocenters. The normalized spacial score (nSPS) is 21.2. The molecule has 112 valence electrons. The van der Waals surface area contributed by atoms with Crippen molar-refractivity contribution in [3.8, 4) is 6.07 Å². The Morgan fingerprint density at radius 3 is 2.55 bits per heavy atom. The van der Waals surface area contributed by atoms with E-state index in [1.807, 2.05) is 42.5 Å². The largest absolute Gasteiger partial charge is 0.369 e. The van der Waals surface area contributed by atoms with Gasteiger partial charge in [0.1, 0.15) is 6.10 Å². The van der Waals surface area contributed by atoms with E-state index in [0.29, 0.717) is 25.4 Å². The number of hydrogen-bond acceptors (Lipinski definition) is 4. The number of nitrogens with zero attached hydrogens (tertiary/aromatic N) is 1. The van der Waals surface area contributed by atoms with Crippen molar-refractivity contribution < 1.29 is 14.2 Å². The summed E-state index contributed by atoms with van der Waals surface area (Å²) in [4.78, 5) is 0. The van der Waals surface area contributed by atoms with Crippen LogP contribution >= 0.6 is 0 Å². The molecule has 1 saturated heterocycles. The lowest BCUT2D eigenvalue weighted by Crippen LogP contribution is -2.33. The summed E-state index contributed by atoms with van der Waals surface area (Å²) >= 11 is 0. The third-order valence-corrected chi connectivity index (χ3v) is 3.48. The van der Waals surface area contributed by atoms with Crippen LogP contribution in [0.3, 0.4) is 0 Å². The molecule has 1 aliphatic heterocycles. The Morgan fingerprint density at radius 2 is 1.82 bits per heavy atom. The van der Waals surface area contributed by atoms with E-state index in [1.165, 1.54) is 0 Å². The zero-order chi connectivity index (χ0) is 15.2. The van der Waals surface area contributed by atoms with E-state index >= 15 is 0 Å². The molecule has 3 rings (SSSR count). The monoisotopic (exact) mass is 295 g/mol. The highest BCUT2D eigenvalue weighted by atomic mass is 16.7. The van der Waals surface area contributed by atoms with Gasteiger partial charge in [0.05, 0.1) is 31.5 Å². The predicted octanol–water partition coefficient (Wildman–Crippen LogP) is 3.19. The molecular weight excluding hydrogens is 278 g/mol. The van der Waals surface area contributed by atoms with Crippen LogP contribution < -0.4 is 0 Å². The first-order chi connectivity index (χ1) is 10.8. The average molecular weight is 295 g/mol. The molecule has 1 heterocycles. The average Bonchev–Trinajstić information content (AvgIpc) is 2.61. The highest BCUT2D eigenvalue weighted by Gasteiger charge is 2.24. The second kappa shape index (κ2) is 7.19. The molecule has 22 heavy (non-hydrogen) atoms. The van der Waals surface area contributed by atoms with Gasteiger partial charge in [-0.05, 0) is 17.7 Å². The Hall–Kier alpha value is -2.19. The maximum Gasteiger partial charge on any atom is 0.184 e. The summed E-state index contributed by atoms with van der Waals surface area (Å²) in [5.74, 6) is 0. The molecule has 0 unspecified atom stereocenters. The Balaban J connectivity index is 1.51. The summed E-state index contributed by atoms with van der Waals surface area (Å²) in [5, 5.41) is 8.93. The van der Waals surface area contributed by atoms with Crippen LogP contribution in [0.5, 0.6) is 0 Å². The minimum atomic E-state index is -0.426. The topological polar surface area (TPSA) is 51.5 Å². The summed E-state index contributed by atoms with van der Waals surface area (Å²) < 4.78 is 17.2. The van der Waals surface area contributed by atoms with Crippen LogP contribution in [0.4, 0.5) is 0 Å². The molecule has 0 aromatic heterocycles. The molecule has 2 aromatic carbocycles. The molecule has 1 fully saturated rings. The molecule has 0 amide bonds. The second-order valence-electron chi connectivity index (χ2n) is 5.15.